The van der Waals surface area contributed by atoms with Crippen molar-refractivity contribution in [1.82, 2.24) is 9.62 Å². The van der Waals surface area contributed by atoms with Gasteiger partial charge in [0.05, 0.1) is 10.9 Å². The monoisotopic (exact) mass is 491 g/mol. The molecule has 3 aromatic carbocycles. The van der Waals surface area contributed by atoms with Crippen LogP contribution in [0.5, 0.6) is 0 Å². The van der Waals surface area contributed by atoms with Crippen LogP contribution in [0.4, 0.5) is 5.69 Å². The predicted octanol–water partition coefficient (Wildman–Crippen LogP) is 4.03. The molecule has 0 saturated heterocycles. The Balaban J connectivity index is 1.57. The molecule has 0 unspecified atom stereocenters. The van der Waals surface area contributed by atoms with Gasteiger partial charge in [-0.05, 0) is 47.4 Å². The number of hydrogen-bond donors (Lipinski definition) is 2. The highest BCUT2D eigenvalue weighted by Gasteiger charge is 2.37. The topological polar surface area (TPSA) is 95.6 Å². The number of carbonyl (C=O) groups excluding carboxylic acids is 2. The molecule has 3 aromatic rings. The molecule has 182 valence electrons. The molecular formula is C27H29N3O4S. The van der Waals surface area contributed by atoms with Gasteiger partial charge in [0.25, 0.3) is 0 Å². The molecule has 2 amide bonds. The first-order chi connectivity index (χ1) is 16.9. The van der Waals surface area contributed by atoms with Gasteiger partial charge >= 0.3 is 0 Å². The summed E-state index contributed by atoms with van der Waals surface area (Å²) in [4.78, 5) is 24.7. The van der Waals surface area contributed by atoms with Crippen molar-refractivity contribution in [3.05, 3.63) is 95.6 Å². The number of rotatable bonds is 8. The minimum absolute atomic E-state index is 0.0215. The third kappa shape index (κ3) is 5.78. The molecule has 4 rings (SSSR count). The Morgan fingerprint density at radius 3 is 2.31 bits per heavy atom. The third-order valence-electron chi connectivity index (χ3n) is 6.14. The first-order valence-corrected chi connectivity index (χ1v) is 13.1. The Bertz CT molecular complexity index is 1290. The Morgan fingerprint density at radius 2 is 1.60 bits per heavy atom. The van der Waals surface area contributed by atoms with E-state index in [1.165, 1.54) is 16.4 Å². The lowest BCUT2D eigenvalue weighted by Crippen LogP contribution is -2.42. The second-order valence-electron chi connectivity index (χ2n) is 8.47. The largest absolute Gasteiger partial charge is 0.352 e. The van der Waals surface area contributed by atoms with E-state index in [4.69, 9.17) is 0 Å². The molecule has 0 spiro atoms. The van der Waals surface area contributed by atoms with Gasteiger partial charge in [0.1, 0.15) is 0 Å². The fraction of sp³-hybridized carbons (Fsp3) is 0.259. The van der Waals surface area contributed by atoms with Gasteiger partial charge in [0.15, 0.2) is 0 Å². The number of hydrogen-bond acceptors (Lipinski definition) is 4. The minimum atomic E-state index is -3.88. The molecule has 1 aliphatic rings. The van der Waals surface area contributed by atoms with Crippen molar-refractivity contribution in [1.29, 1.82) is 0 Å². The molecule has 8 heteroatoms. The number of benzene rings is 3. The highest BCUT2D eigenvalue weighted by molar-refractivity contribution is 7.89. The van der Waals surface area contributed by atoms with Crippen molar-refractivity contribution >= 4 is 27.5 Å². The van der Waals surface area contributed by atoms with E-state index in [2.05, 4.69) is 10.6 Å². The van der Waals surface area contributed by atoms with Crippen LogP contribution in [0.3, 0.4) is 0 Å². The number of nitrogens with zero attached hydrogens (tertiary/aromatic N) is 1. The van der Waals surface area contributed by atoms with E-state index in [1.807, 2.05) is 54.6 Å². The lowest BCUT2D eigenvalue weighted by Gasteiger charge is -2.36. The number of fused-ring (bicyclic) bond motifs is 1. The second-order valence-corrected chi connectivity index (χ2v) is 10.4. The molecule has 1 aliphatic heterocycles. The van der Waals surface area contributed by atoms with Crippen LogP contribution in [0.25, 0.3) is 0 Å². The van der Waals surface area contributed by atoms with Crippen LogP contribution in [0.15, 0.2) is 83.8 Å². The molecule has 0 saturated carbocycles. The molecular weight excluding hydrogens is 462 g/mol. The second kappa shape index (κ2) is 10.8. The molecule has 0 bridgehead atoms. The number of carbonyl (C=O) groups is 2. The smallest absolute Gasteiger partial charge is 0.243 e. The third-order valence-corrected chi connectivity index (χ3v) is 8.06. The Morgan fingerprint density at radius 1 is 0.914 bits per heavy atom. The van der Waals surface area contributed by atoms with Crippen LogP contribution in [0, 0.1) is 0 Å². The van der Waals surface area contributed by atoms with Crippen molar-refractivity contribution in [2.75, 3.05) is 11.9 Å². The summed E-state index contributed by atoms with van der Waals surface area (Å²) >= 11 is 0. The average molecular weight is 492 g/mol. The van der Waals surface area contributed by atoms with Crippen molar-refractivity contribution in [3.63, 3.8) is 0 Å². The van der Waals surface area contributed by atoms with Gasteiger partial charge in [-0.2, -0.15) is 4.31 Å². The quantitative estimate of drug-likeness (QED) is 0.497. The maximum absolute atomic E-state index is 13.7. The van der Waals surface area contributed by atoms with E-state index >= 15 is 0 Å². The SMILES string of the molecule is CCC(=O)Nc1ccc(S(=O)(=O)N2CCc3ccccc3[C@H]2CC(=O)NCc2ccccc2)cc1. The van der Waals surface area contributed by atoms with E-state index in [-0.39, 0.29) is 29.7 Å². The number of nitrogens with one attached hydrogen (secondary N) is 2. The van der Waals surface area contributed by atoms with Crippen molar-refractivity contribution in [3.8, 4) is 0 Å². The Labute approximate surface area is 206 Å². The fourth-order valence-electron chi connectivity index (χ4n) is 4.27. The first-order valence-electron chi connectivity index (χ1n) is 11.7. The molecule has 1 heterocycles. The summed E-state index contributed by atoms with van der Waals surface area (Å²) in [7, 11) is -3.88. The highest BCUT2D eigenvalue weighted by atomic mass is 32.2. The normalized spacial score (nSPS) is 15.7. The zero-order valence-corrected chi connectivity index (χ0v) is 20.4. The van der Waals surface area contributed by atoms with Gasteiger partial charge in [-0.15, -0.1) is 0 Å². The van der Waals surface area contributed by atoms with E-state index in [0.717, 1.165) is 16.7 Å². The van der Waals surface area contributed by atoms with E-state index < -0.39 is 16.1 Å². The average Bonchev–Trinajstić information content (AvgIpc) is 2.88. The number of anilines is 1. The van der Waals surface area contributed by atoms with E-state index in [1.54, 1.807) is 19.1 Å². The maximum atomic E-state index is 13.7. The lowest BCUT2D eigenvalue weighted by molar-refractivity contribution is -0.122. The maximum Gasteiger partial charge on any atom is 0.243 e. The zero-order valence-electron chi connectivity index (χ0n) is 19.6. The molecule has 7 nitrogen and oxygen atoms in total. The molecule has 1 atom stereocenters. The van der Waals surface area contributed by atoms with Gasteiger partial charge in [0.2, 0.25) is 21.8 Å². The molecule has 0 radical (unpaired) electrons. The van der Waals surface area contributed by atoms with Gasteiger partial charge in [-0.1, -0.05) is 61.5 Å². The number of sulfonamides is 1. The Kier molecular flexibility index (Phi) is 7.63. The lowest BCUT2D eigenvalue weighted by atomic mass is 9.92. The van der Waals surface area contributed by atoms with Gasteiger partial charge < -0.3 is 10.6 Å². The van der Waals surface area contributed by atoms with Gasteiger partial charge in [0, 0.05) is 31.6 Å². The van der Waals surface area contributed by atoms with Crippen LogP contribution in [-0.4, -0.2) is 31.1 Å². The van der Waals surface area contributed by atoms with Crippen LogP contribution in [-0.2, 0) is 32.6 Å². The molecule has 35 heavy (non-hydrogen) atoms. The van der Waals surface area contributed by atoms with Crippen LogP contribution in [0.2, 0.25) is 0 Å². The van der Waals surface area contributed by atoms with Crippen molar-refractivity contribution in [2.45, 2.75) is 43.7 Å². The summed E-state index contributed by atoms with van der Waals surface area (Å²) in [5.41, 5.74) is 3.42. The Hall–Kier alpha value is -3.49. The van der Waals surface area contributed by atoms with Crippen LogP contribution in [0.1, 0.15) is 42.5 Å². The molecule has 0 fully saturated rings. The van der Waals surface area contributed by atoms with Crippen molar-refractivity contribution in [2.24, 2.45) is 0 Å². The highest BCUT2D eigenvalue weighted by Crippen LogP contribution is 2.36. The molecule has 0 aromatic heterocycles. The van der Waals surface area contributed by atoms with E-state index in [0.29, 0.717) is 25.1 Å². The minimum Gasteiger partial charge on any atom is -0.352 e. The standard InChI is InChI=1S/C27H29N3O4S/c1-2-26(31)29-22-12-14-23(15-13-22)35(33,34)30-17-16-21-10-6-7-11-24(21)25(30)18-27(32)28-19-20-8-4-3-5-9-20/h3-15,25H,2,16-19H2,1H3,(H,28,32)(H,29,31)/t25-/m1/s1. The first kappa shape index (κ1) is 24.6. The molecule has 2 N–H and O–H groups in total. The van der Waals surface area contributed by atoms with E-state index in [9.17, 15) is 18.0 Å². The summed E-state index contributed by atoms with van der Waals surface area (Å²) in [6.07, 6.45) is 0.928. The summed E-state index contributed by atoms with van der Waals surface area (Å²) < 4.78 is 28.8. The number of amides is 2. The predicted molar refractivity (Wildman–Crippen MR) is 135 cm³/mol. The summed E-state index contributed by atoms with van der Waals surface area (Å²) in [6, 6.07) is 22.8. The summed E-state index contributed by atoms with van der Waals surface area (Å²) in [5, 5.41) is 5.64. The van der Waals surface area contributed by atoms with Gasteiger partial charge in [-0.25, -0.2) is 8.42 Å². The summed E-state index contributed by atoms with van der Waals surface area (Å²) in [6.45, 7) is 2.41. The molecule has 0 aliphatic carbocycles. The fourth-order valence-corrected chi connectivity index (χ4v) is 5.87. The van der Waals surface area contributed by atoms with Gasteiger partial charge in [-0.3, -0.25) is 9.59 Å². The summed E-state index contributed by atoms with van der Waals surface area (Å²) in [5.74, 6) is -0.358. The van der Waals surface area contributed by atoms with Crippen LogP contribution >= 0.6 is 0 Å². The van der Waals surface area contributed by atoms with Crippen LogP contribution < -0.4 is 10.6 Å². The van der Waals surface area contributed by atoms with Crippen molar-refractivity contribution < 1.29 is 18.0 Å². The zero-order chi connectivity index (χ0) is 24.8.